The lowest BCUT2D eigenvalue weighted by molar-refractivity contribution is -0.117. The van der Waals surface area contributed by atoms with Crippen molar-refractivity contribution in [3.8, 4) is 34.0 Å². The van der Waals surface area contributed by atoms with Crippen molar-refractivity contribution in [2.45, 2.75) is 45.4 Å². The van der Waals surface area contributed by atoms with Gasteiger partial charge in [-0.05, 0) is 65.8 Å². The molecule has 2 fully saturated rings. The maximum atomic E-state index is 13.0. The molecule has 2 aromatic carbocycles. The largest absolute Gasteiger partial charge is 0.493 e. The number of nitrogens with zero attached hydrogens (tertiary/aromatic N) is 3. The fourth-order valence-corrected chi connectivity index (χ4v) is 5.28. The molecule has 0 spiro atoms. The van der Waals surface area contributed by atoms with Gasteiger partial charge in [0.1, 0.15) is 0 Å². The molecule has 0 aliphatic heterocycles. The number of amides is 1. The molecule has 0 saturated heterocycles. The van der Waals surface area contributed by atoms with Gasteiger partial charge in [0, 0.05) is 17.2 Å². The van der Waals surface area contributed by atoms with Gasteiger partial charge in [-0.25, -0.2) is 0 Å². The monoisotopic (exact) mass is 461 g/mol. The number of anilines is 1. The zero-order valence-corrected chi connectivity index (χ0v) is 19.7. The van der Waals surface area contributed by atoms with Crippen molar-refractivity contribution in [1.82, 2.24) is 20.6 Å². The Kier molecular flexibility index (Phi) is 6.47. The van der Waals surface area contributed by atoms with E-state index in [0.717, 1.165) is 34.7 Å². The van der Waals surface area contributed by atoms with Crippen molar-refractivity contribution in [1.29, 1.82) is 0 Å². The Morgan fingerprint density at radius 3 is 2.68 bits per heavy atom. The van der Waals surface area contributed by atoms with Gasteiger partial charge < -0.3 is 14.8 Å². The van der Waals surface area contributed by atoms with E-state index in [1.807, 2.05) is 43.3 Å². The lowest BCUT2D eigenvalue weighted by Crippen LogP contribution is -2.18. The highest BCUT2D eigenvalue weighted by atomic mass is 16.5. The van der Waals surface area contributed by atoms with Crippen molar-refractivity contribution in [2.24, 2.45) is 17.8 Å². The molecule has 8 heteroatoms. The normalized spacial score (nSPS) is 20.1. The lowest BCUT2D eigenvalue weighted by atomic mass is 9.85. The van der Waals surface area contributed by atoms with Crippen LogP contribution in [0.4, 0.5) is 5.69 Å². The summed E-state index contributed by atoms with van der Waals surface area (Å²) in [7, 11) is 1.62. The Bertz CT molecular complexity index is 1140. The Morgan fingerprint density at radius 2 is 1.94 bits per heavy atom. The summed E-state index contributed by atoms with van der Waals surface area (Å²) in [5.74, 6) is 3.32. The minimum absolute atomic E-state index is 0.116. The standard InChI is InChI=1S/C26H31N5O3/c1-3-34-23-12-9-17(13-24(23)33-2)19-11-10-18(14-21(19)25-28-30-31-29-25)27-26(32)22-15-20(22)16-7-5-4-6-8-16/h9-14,16,20,22H,3-8,15H2,1-2H3,(H,27,32)(H,28,29,30,31). The van der Waals surface area contributed by atoms with E-state index in [2.05, 4.69) is 25.9 Å². The van der Waals surface area contributed by atoms with E-state index in [9.17, 15) is 4.79 Å². The van der Waals surface area contributed by atoms with Crippen LogP contribution in [0.25, 0.3) is 22.5 Å². The van der Waals surface area contributed by atoms with Crippen molar-refractivity contribution >= 4 is 11.6 Å². The Morgan fingerprint density at radius 1 is 1.09 bits per heavy atom. The number of tetrazole rings is 1. The highest BCUT2D eigenvalue weighted by Crippen LogP contribution is 2.50. The number of aromatic amines is 1. The van der Waals surface area contributed by atoms with Gasteiger partial charge in [-0.1, -0.05) is 44.2 Å². The first kappa shape index (κ1) is 22.4. The van der Waals surface area contributed by atoms with E-state index in [-0.39, 0.29) is 11.8 Å². The average molecular weight is 462 g/mol. The van der Waals surface area contributed by atoms with Gasteiger partial charge >= 0.3 is 0 Å². The number of nitrogens with one attached hydrogen (secondary N) is 2. The Labute approximate surface area is 199 Å². The van der Waals surface area contributed by atoms with Crippen LogP contribution in [-0.4, -0.2) is 40.2 Å². The second-order valence-corrected chi connectivity index (χ2v) is 9.19. The summed E-state index contributed by atoms with van der Waals surface area (Å²) in [6.45, 7) is 2.49. The maximum Gasteiger partial charge on any atom is 0.227 e. The summed E-state index contributed by atoms with van der Waals surface area (Å²) < 4.78 is 11.2. The summed E-state index contributed by atoms with van der Waals surface area (Å²) in [6.07, 6.45) is 7.51. The first-order valence-electron chi connectivity index (χ1n) is 12.2. The van der Waals surface area contributed by atoms with Crippen LogP contribution >= 0.6 is 0 Å². The van der Waals surface area contributed by atoms with E-state index >= 15 is 0 Å². The summed E-state index contributed by atoms with van der Waals surface area (Å²) in [6, 6.07) is 11.6. The third kappa shape index (κ3) is 4.62. The number of benzene rings is 2. The minimum Gasteiger partial charge on any atom is -0.493 e. The summed E-state index contributed by atoms with van der Waals surface area (Å²) in [5, 5.41) is 17.8. The minimum atomic E-state index is 0.116. The molecule has 3 aromatic rings. The number of rotatable bonds is 8. The van der Waals surface area contributed by atoms with E-state index in [1.54, 1.807) is 7.11 Å². The first-order valence-corrected chi connectivity index (χ1v) is 12.2. The predicted octanol–water partition coefficient (Wildman–Crippen LogP) is 5.10. The molecule has 0 bridgehead atoms. The number of carbonyl (C=O) groups excluding carboxylic acids is 1. The number of carbonyl (C=O) groups is 1. The fourth-order valence-electron chi connectivity index (χ4n) is 5.28. The van der Waals surface area contributed by atoms with Crippen molar-refractivity contribution in [3.05, 3.63) is 36.4 Å². The fraction of sp³-hybridized carbons (Fsp3) is 0.462. The van der Waals surface area contributed by atoms with Crippen LogP contribution < -0.4 is 14.8 Å². The van der Waals surface area contributed by atoms with Crippen molar-refractivity contribution in [2.75, 3.05) is 19.0 Å². The molecule has 2 aliphatic rings. The molecular formula is C26H31N5O3. The number of hydrogen-bond donors (Lipinski definition) is 2. The van der Waals surface area contributed by atoms with Gasteiger partial charge in [0.2, 0.25) is 11.7 Å². The third-order valence-corrected chi connectivity index (χ3v) is 7.08. The number of methoxy groups -OCH3 is 1. The highest BCUT2D eigenvalue weighted by Gasteiger charge is 2.47. The highest BCUT2D eigenvalue weighted by molar-refractivity contribution is 5.96. The van der Waals surface area contributed by atoms with Crippen LogP contribution in [0.1, 0.15) is 45.4 Å². The second-order valence-electron chi connectivity index (χ2n) is 9.19. The first-order chi connectivity index (χ1) is 16.7. The predicted molar refractivity (Wildman–Crippen MR) is 130 cm³/mol. The van der Waals surface area contributed by atoms with Crippen LogP contribution in [0.15, 0.2) is 36.4 Å². The SMILES string of the molecule is CCOc1ccc(-c2ccc(NC(=O)C3CC3C3CCCCC3)cc2-c2nn[nH]n2)cc1OC. The lowest BCUT2D eigenvalue weighted by Gasteiger charge is -2.21. The Hall–Kier alpha value is -3.42. The number of hydrogen-bond acceptors (Lipinski definition) is 6. The van der Waals surface area contributed by atoms with Gasteiger partial charge in [-0.15, -0.1) is 10.2 Å². The third-order valence-electron chi connectivity index (χ3n) is 7.08. The average Bonchev–Trinajstić information content (AvgIpc) is 3.50. The molecule has 2 aliphatic carbocycles. The van der Waals surface area contributed by atoms with Gasteiger partial charge in [0.25, 0.3) is 0 Å². The van der Waals surface area contributed by atoms with Gasteiger partial charge in [-0.3, -0.25) is 4.79 Å². The molecule has 2 saturated carbocycles. The molecule has 34 heavy (non-hydrogen) atoms. The van der Waals surface area contributed by atoms with Gasteiger partial charge in [0.15, 0.2) is 11.5 Å². The summed E-state index contributed by atoms with van der Waals surface area (Å²) >= 11 is 0. The molecule has 2 N–H and O–H groups in total. The van der Waals surface area contributed by atoms with E-state index in [4.69, 9.17) is 9.47 Å². The molecule has 2 atom stereocenters. The molecule has 5 rings (SSSR count). The maximum absolute atomic E-state index is 13.0. The van der Waals surface area contributed by atoms with Crippen LogP contribution in [0.2, 0.25) is 0 Å². The number of ether oxygens (including phenoxy) is 2. The van der Waals surface area contributed by atoms with Crippen LogP contribution in [0, 0.1) is 17.8 Å². The molecule has 1 heterocycles. The smallest absolute Gasteiger partial charge is 0.227 e. The number of aromatic nitrogens is 4. The number of H-pyrrole nitrogens is 1. The van der Waals surface area contributed by atoms with E-state index in [1.165, 1.54) is 32.1 Å². The molecule has 8 nitrogen and oxygen atoms in total. The van der Waals surface area contributed by atoms with Crippen molar-refractivity contribution < 1.29 is 14.3 Å². The molecule has 2 unspecified atom stereocenters. The van der Waals surface area contributed by atoms with E-state index in [0.29, 0.717) is 29.8 Å². The van der Waals surface area contributed by atoms with Crippen LogP contribution in [-0.2, 0) is 4.79 Å². The summed E-state index contributed by atoms with van der Waals surface area (Å²) in [4.78, 5) is 13.0. The molecule has 1 amide bonds. The van der Waals surface area contributed by atoms with Gasteiger partial charge in [0.05, 0.1) is 13.7 Å². The Balaban J connectivity index is 1.39. The topological polar surface area (TPSA) is 102 Å². The second kappa shape index (κ2) is 9.83. The molecular weight excluding hydrogens is 430 g/mol. The molecule has 1 aromatic heterocycles. The van der Waals surface area contributed by atoms with Crippen LogP contribution in [0.3, 0.4) is 0 Å². The molecule has 0 radical (unpaired) electrons. The van der Waals surface area contributed by atoms with Gasteiger partial charge in [-0.2, -0.15) is 5.21 Å². The summed E-state index contributed by atoms with van der Waals surface area (Å²) in [5.41, 5.74) is 3.35. The zero-order valence-electron chi connectivity index (χ0n) is 19.7. The zero-order chi connectivity index (χ0) is 23.5. The quantitative estimate of drug-likeness (QED) is 0.484. The van der Waals surface area contributed by atoms with Crippen LogP contribution in [0.5, 0.6) is 11.5 Å². The van der Waals surface area contributed by atoms with Crippen molar-refractivity contribution in [3.63, 3.8) is 0 Å². The molecule has 178 valence electrons. The van der Waals surface area contributed by atoms with E-state index < -0.39 is 0 Å².